The van der Waals surface area contributed by atoms with Gasteiger partial charge in [0.25, 0.3) is 0 Å². The second-order valence-electron chi connectivity index (χ2n) is 9.62. The van der Waals surface area contributed by atoms with Crippen molar-refractivity contribution in [2.75, 3.05) is 0 Å². The van der Waals surface area contributed by atoms with E-state index in [2.05, 4.69) is 13.8 Å². The van der Waals surface area contributed by atoms with E-state index in [1.54, 1.807) is 6.92 Å². The van der Waals surface area contributed by atoms with E-state index >= 15 is 0 Å². The summed E-state index contributed by atoms with van der Waals surface area (Å²) < 4.78 is 5.76. The van der Waals surface area contributed by atoms with Crippen molar-refractivity contribution < 1.29 is 9.53 Å². The zero-order valence-corrected chi connectivity index (χ0v) is 15.3. The first-order valence-electron chi connectivity index (χ1n) is 10.1. The smallest absolute Gasteiger partial charge is 0.302 e. The van der Waals surface area contributed by atoms with Gasteiger partial charge in [-0.3, -0.25) is 4.79 Å². The monoisotopic (exact) mass is 318 g/mol. The summed E-state index contributed by atoms with van der Waals surface area (Å²) in [5.41, 5.74) is 0.868. The van der Waals surface area contributed by atoms with Crippen LogP contribution in [0.1, 0.15) is 85.0 Å². The summed E-state index contributed by atoms with van der Waals surface area (Å²) in [6.07, 6.45) is 14.0. The number of ether oxygens (including phenoxy) is 1. The number of fused-ring (bicyclic) bond motifs is 5. The minimum absolute atomic E-state index is 0.0815. The summed E-state index contributed by atoms with van der Waals surface area (Å²) in [6.45, 7) is 6.65. The maximum atomic E-state index is 11.5. The summed E-state index contributed by atoms with van der Waals surface area (Å²) in [7, 11) is 0. The van der Waals surface area contributed by atoms with Gasteiger partial charge in [0.15, 0.2) is 0 Å². The maximum absolute atomic E-state index is 11.5. The Morgan fingerprint density at radius 3 is 2.43 bits per heavy atom. The van der Waals surface area contributed by atoms with Crippen LogP contribution in [0.2, 0.25) is 0 Å². The Morgan fingerprint density at radius 2 is 1.65 bits per heavy atom. The van der Waals surface area contributed by atoms with Crippen molar-refractivity contribution in [2.45, 2.75) is 91.1 Å². The molecular formula is C21H34O2. The number of hydrogen-bond acceptors (Lipinski definition) is 2. The van der Waals surface area contributed by atoms with Crippen molar-refractivity contribution in [1.29, 1.82) is 0 Å². The molecule has 4 rings (SSSR count). The third-order valence-electron chi connectivity index (χ3n) is 8.80. The molecule has 2 heteroatoms. The van der Waals surface area contributed by atoms with E-state index in [0.29, 0.717) is 5.41 Å². The van der Waals surface area contributed by atoms with Crippen LogP contribution in [0.25, 0.3) is 0 Å². The molecule has 2 unspecified atom stereocenters. The highest BCUT2D eigenvalue weighted by molar-refractivity contribution is 5.66. The SMILES string of the molecule is CC(=O)OC1CC[C@H]2[C@@H]3CCC4CCCC[C@]4(C)[C@H]3CC[C@]12C. The summed E-state index contributed by atoms with van der Waals surface area (Å²) in [5.74, 6) is 3.55. The van der Waals surface area contributed by atoms with Gasteiger partial charge in [-0.25, -0.2) is 0 Å². The quantitative estimate of drug-likeness (QED) is 0.609. The van der Waals surface area contributed by atoms with Crippen molar-refractivity contribution in [3.8, 4) is 0 Å². The molecular weight excluding hydrogens is 284 g/mol. The topological polar surface area (TPSA) is 26.3 Å². The molecule has 0 aromatic rings. The van der Waals surface area contributed by atoms with Crippen molar-refractivity contribution in [2.24, 2.45) is 34.5 Å². The second kappa shape index (κ2) is 5.49. The minimum Gasteiger partial charge on any atom is -0.462 e. The molecule has 4 aliphatic carbocycles. The molecule has 2 nitrogen and oxygen atoms in total. The number of carbonyl (C=O) groups excluding carboxylic acids is 1. The third kappa shape index (κ3) is 2.30. The fraction of sp³-hybridized carbons (Fsp3) is 0.952. The molecule has 0 aromatic carbocycles. The maximum Gasteiger partial charge on any atom is 0.302 e. The molecule has 0 spiro atoms. The van der Waals surface area contributed by atoms with E-state index in [0.717, 1.165) is 30.1 Å². The van der Waals surface area contributed by atoms with Crippen molar-refractivity contribution in [1.82, 2.24) is 0 Å². The van der Waals surface area contributed by atoms with Gasteiger partial charge in [0.2, 0.25) is 0 Å². The van der Waals surface area contributed by atoms with Crippen LogP contribution in [0.4, 0.5) is 0 Å². The van der Waals surface area contributed by atoms with Gasteiger partial charge in [-0.1, -0.05) is 26.7 Å². The van der Waals surface area contributed by atoms with E-state index in [-0.39, 0.29) is 17.5 Å². The molecule has 0 N–H and O–H groups in total. The van der Waals surface area contributed by atoms with E-state index < -0.39 is 0 Å². The molecule has 0 bridgehead atoms. The van der Waals surface area contributed by atoms with Gasteiger partial charge < -0.3 is 4.74 Å². The first kappa shape index (κ1) is 16.0. The van der Waals surface area contributed by atoms with Crippen LogP contribution in [0, 0.1) is 34.5 Å². The van der Waals surface area contributed by atoms with Gasteiger partial charge in [-0.05, 0) is 80.5 Å². The zero-order chi connectivity index (χ0) is 16.2. The molecule has 0 aliphatic heterocycles. The lowest BCUT2D eigenvalue weighted by Gasteiger charge is -2.60. The van der Waals surface area contributed by atoms with Gasteiger partial charge >= 0.3 is 5.97 Å². The summed E-state index contributed by atoms with van der Waals surface area (Å²) in [4.78, 5) is 11.5. The summed E-state index contributed by atoms with van der Waals surface area (Å²) in [6, 6.07) is 0. The summed E-state index contributed by atoms with van der Waals surface area (Å²) in [5, 5.41) is 0. The molecule has 0 saturated heterocycles. The van der Waals surface area contributed by atoms with Crippen LogP contribution in [0.5, 0.6) is 0 Å². The average molecular weight is 319 g/mol. The predicted molar refractivity (Wildman–Crippen MR) is 91.9 cm³/mol. The lowest BCUT2D eigenvalue weighted by atomic mass is 9.45. The van der Waals surface area contributed by atoms with Gasteiger partial charge in [-0.15, -0.1) is 0 Å². The second-order valence-corrected chi connectivity index (χ2v) is 9.62. The molecule has 0 heterocycles. The Bertz CT molecular complexity index is 486. The van der Waals surface area contributed by atoms with Crippen molar-refractivity contribution in [3.05, 3.63) is 0 Å². The van der Waals surface area contributed by atoms with E-state index in [1.807, 2.05) is 0 Å². The molecule has 4 fully saturated rings. The number of carbonyl (C=O) groups is 1. The normalized spacial score (nSPS) is 52.2. The van der Waals surface area contributed by atoms with Crippen LogP contribution in [0.15, 0.2) is 0 Å². The average Bonchev–Trinajstić information content (AvgIpc) is 2.83. The molecule has 7 atom stereocenters. The van der Waals surface area contributed by atoms with Crippen molar-refractivity contribution in [3.63, 3.8) is 0 Å². The molecule has 0 amide bonds. The first-order chi connectivity index (χ1) is 10.9. The van der Waals surface area contributed by atoms with E-state index in [9.17, 15) is 4.79 Å². The minimum atomic E-state index is -0.0815. The largest absolute Gasteiger partial charge is 0.462 e. The number of rotatable bonds is 1. The Balaban J connectivity index is 1.59. The van der Waals surface area contributed by atoms with Crippen LogP contribution in [-0.4, -0.2) is 12.1 Å². The fourth-order valence-electron chi connectivity index (χ4n) is 7.64. The van der Waals surface area contributed by atoms with Gasteiger partial charge in [-0.2, -0.15) is 0 Å². The van der Waals surface area contributed by atoms with Crippen LogP contribution >= 0.6 is 0 Å². The predicted octanol–water partition coefficient (Wildman–Crippen LogP) is 5.35. The van der Waals surface area contributed by atoms with Crippen LogP contribution in [0.3, 0.4) is 0 Å². The van der Waals surface area contributed by atoms with Crippen LogP contribution < -0.4 is 0 Å². The third-order valence-corrected chi connectivity index (χ3v) is 8.80. The Morgan fingerprint density at radius 1 is 0.870 bits per heavy atom. The highest BCUT2D eigenvalue weighted by Gasteiger charge is 2.60. The summed E-state index contributed by atoms with van der Waals surface area (Å²) >= 11 is 0. The Hall–Kier alpha value is -0.530. The van der Waals surface area contributed by atoms with Gasteiger partial charge in [0, 0.05) is 12.3 Å². The number of hydrogen-bond donors (Lipinski definition) is 0. The highest BCUT2D eigenvalue weighted by atomic mass is 16.5. The molecule has 4 saturated carbocycles. The molecule has 4 aliphatic rings. The van der Waals surface area contributed by atoms with E-state index in [1.165, 1.54) is 57.8 Å². The first-order valence-corrected chi connectivity index (χ1v) is 10.1. The standard InChI is InChI=1S/C21H34O2/c1-14(22)23-19-10-9-17-16-8-7-15-6-4-5-12-20(15,2)18(16)11-13-21(17,19)3/h15-19H,4-13H2,1-3H3/t15?,16-,17-,18-,19?,20-,21-/m0/s1. The lowest BCUT2D eigenvalue weighted by Crippen LogP contribution is -2.53. The Kier molecular flexibility index (Phi) is 3.81. The van der Waals surface area contributed by atoms with Crippen molar-refractivity contribution >= 4 is 5.97 Å². The van der Waals surface area contributed by atoms with Gasteiger partial charge in [0.05, 0.1) is 0 Å². The molecule has 0 radical (unpaired) electrons. The van der Waals surface area contributed by atoms with Crippen LogP contribution in [-0.2, 0) is 9.53 Å². The van der Waals surface area contributed by atoms with Gasteiger partial charge in [0.1, 0.15) is 6.10 Å². The highest BCUT2D eigenvalue weighted by Crippen LogP contribution is 2.66. The van der Waals surface area contributed by atoms with E-state index in [4.69, 9.17) is 4.74 Å². The Labute approximate surface area is 141 Å². The molecule has 23 heavy (non-hydrogen) atoms. The molecule has 0 aromatic heterocycles. The lowest BCUT2D eigenvalue weighted by molar-refractivity contribution is -0.161. The number of esters is 1. The zero-order valence-electron chi connectivity index (χ0n) is 15.3. The molecule has 130 valence electrons. The fourth-order valence-corrected chi connectivity index (χ4v) is 7.64.